The maximum absolute atomic E-state index is 11.1. The van der Waals surface area contributed by atoms with Crippen LogP contribution in [0, 0.1) is 0 Å². The lowest BCUT2D eigenvalue weighted by Crippen LogP contribution is -2.39. The van der Waals surface area contributed by atoms with E-state index in [1.54, 1.807) is 0 Å². The number of nitrogens with one attached hydrogen (secondary N) is 1. The molecule has 0 aromatic rings. The number of sulfonamides is 1. The zero-order chi connectivity index (χ0) is 15.1. The Kier molecular flexibility index (Phi) is 8.07. The number of ether oxygens (including phenoxy) is 2. The van der Waals surface area contributed by atoms with Gasteiger partial charge in [-0.05, 0) is 34.1 Å². The molecule has 0 aliphatic rings. The van der Waals surface area contributed by atoms with Gasteiger partial charge in [-0.25, -0.2) is 13.1 Å². The molecule has 0 spiro atoms. The molecule has 7 heteroatoms. The molecule has 0 amide bonds. The fourth-order valence-corrected chi connectivity index (χ4v) is 1.92. The number of aliphatic hydroxyl groups excluding tert-OH is 1. The Morgan fingerprint density at radius 3 is 2.32 bits per heavy atom. The molecule has 0 saturated carbocycles. The predicted molar refractivity (Wildman–Crippen MR) is 74.6 cm³/mol. The Hall–Kier alpha value is -0.210. The van der Waals surface area contributed by atoms with Crippen molar-refractivity contribution in [2.45, 2.75) is 51.9 Å². The highest BCUT2D eigenvalue weighted by atomic mass is 32.2. The van der Waals surface area contributed by atoms with E-state index in [0.717, 1.165) is 6.26 Å². The maximum Gasteiger partial charge on any atom is 0.208 e. The minimum Gasteiger partial charge on any atom is -0.396 e. The van der Waals surface area contributed by atoms with Crippen LogP contribution >= 0.6 is 0 Å². The van der Waals surface area contributed by atoms with Crippen LogP contribution in [0.1, 0.15) is 34.1 Å². The van der Waals surface area contributed by atoms with E-state index in [1.807, 2.05) is 27.7 Å². The molecular formula is C12H27NO5S. The zero-order valence-electron chi connectivity index (χ0n) is 12.5. The van der Waals surface area contributed by atoms with Gasteiger partial charge in [0.25, 0.3) is 0 Å². The van der Waals surface area contributed by atoms with Crippen LogP contribution in [-0.4, -0.2) is 57.3 Å². The van der Waals surface area contributed by atoms with Crippen molar-refractivity contribution in [3.05, 3.63) is 0 Å². The first-order valence-electron chi connectivity index (χ1n) is 6.40. The summed E-state index contributed by atoms with van der Waals surface area (Å²) in [7, 11) is -3.24. The smallest absolute Gasteiger partial charge is 0.208 e. The molecular weight excluding hydrogens is 270 g/mol. The summed E-state index contributed by atoms with van der Waals surface area (Å²) in [5.41, 5.74) is -0.460. The van der Waals surface area contributed by atoms with Crippen LogP contribution < -0.4 is 4.72 Å². The second-order valence-electron chi connectivity index (χ2n) is 5.47. The van der Waals surface area contributed by atoms with Crippen molar-refractivity contribution < 1.29 is 23.0 Å². The average Bonchev–Trinajstić information content (AvgIpc) is 2.20. The summed E-state index contributed by atoms with van der Waals surface area (Å²) in [5.74, 6) is 0. The van der Waals surface area contributed by atoms with E-state index in [1.165, 1.54) is 0 Å². The summed E-state index contributed by atoms with van der Waals surface area (Å²) < 4.78 is 35.9. The van der Waals surface area contributed by atoms with Crippen molar-refractivity contribution in [2.75, 3.05) is 26.0 Å². The molecule has 6 nitrogen and oxygen atoms in total. The Morgan fingerprint density at radius 2 is 1.89 bits per heavy atom. The predicted octanol–water partition coefficient (Wildman–Crippen LogP) is 0.507. The van der Waals surface area contributed by atoms with Gasteiger partial charge in [0.2, 0.25) is 10.0 Å². The monoisotopic (exact) mass is 297 g/mol. The third-order valence-electron chi connectivity index (χ3n) is 2.41. The van der Waals surface area contributed by atoms with Gasteiger partial charge in [0.1, 0.15) is 0 Å². The van der Waals surface area contributed by atoms with Crippen molar-refractivity contribution in [1.82, 2.24) is 4.72 Å². The van der Waals surface area contributed by atoms with Gasteiger partial charge in [-0.15, -0.1) is 0 Å². The van der Waals surface area contributed by atoms with Crippen LogP contribution in [-0.2, 0) is 19.5 Å². The lowest BCUT2D eigenvalue weighted by atomic mass is 10.1. The number of hydrogen-bond donors (Lipinski definition) is 2. The van der Waals surface area contributed by atoms with Crippen LogP contribution in [0.4, 0.5) is 0 Å². The van der Waals surface area contributed by atoms with Gasteiger partial charge < -0.3 is 14.6 Å². The lowest BCUT2D eigenvalue weighted by molar-refractivity contribution is -0.0978. The third-order valence-corrected chi connectivity index (χ3v) is 3.10. The molecule has 0 bridgehead atoms. The molecule has 0 rings (SSSR count). The average molecular weight is 297 g/mol. The standard InChI is InChI=1S/C12H27NO5S/c1-10(2)18-11(8-13-19(5,15)16)9-17-12(3,4)6-7-14/h10-11,13-14H,6-9H2,1-5H3. The molecule has 116 valence electrons. The van der Waals surface area contributed by atoms with E-state index < -0.39 is 15.6 Å². The van der Waals surface area contributed by atoms with E-state index >= 15 is 0 Å². The molecule has 19 heavy (non-hydrogen) atoms. The summed E-state index contributed by atoms with van der Waals surface area (Å²) in [4.78, 5) is 0. The van der Waals surface area contributed by atoms with E-state index in [4.69, 9.17) is 14.6 Å². The molecule has 0 heterocycles. The zero-order valence-corrected chi connectivity index (χ0v) is 13.3. The number of hydrogen-bond acceptors (Lipinski definition) is 5. The van der Waals surface area contributed by atoms with Crippen molar-refractivity contribution in [3.63, 3.8) is 0 Å². The Morgan fingerprint density at radius 1 is 1.32 bits per heavy atom. The van der Waals surface area contributed by atoms with E-state index in [9.17, 15) is 8.42 Å². The maximum atomic E-state index is 11.1. The quantitative estimate of drug-likeness (QED) is 0.613. The van der Waals surface area contributed by atoms with Crippen LogP contribution in [0.5, 0.6) is 0 Å². The number of rotatable bonds is 10. The fourth-order valence-electron chi connectivity index (χ4n) is 1.44. The largest absolute Gasteiger partial charge is 0.396 e. The molecule has 0 aromatic heterocycles. The minimum absolute atomic E-state index is 0.0177. The minimum atomic E-state index is -3.24. The van der Waals surface area contributed by atoms with Gasteiger partial charge in [0, 0.05) is 13.2 Å². The summed E-state index contributed by atoms with van der Waals surface area (Å²) in [6, 6.07) is 0. The Balaban J connectivity index is 4.35. The van der Waals surface area contributed by atoms with Crippen LogP contribution in [0.2, 0.25) is 0 Å². The van der Waals surface area contributed by atoms with Crippen LogP contribution in [0.15, 0.2) is 0 Å². The van der Waals surface area contributed by atoms with E-state index in [0.29, 0.717) is 6.42 Å². The molecule has 2 N–H and O–H groups in total. The second kappa shape index (κ2) is 8.16. The second-order valence-corrected chi connectivity index (χ2v) is 7.30. The molecule has 0 aromatic carbocycles. The van der Waals surface area contributed by atoms with Gasteiger partial charge in [-0.3, -0.25) is 0 Å². The molecule has 1 unspecified atom stereocenters. The van der Waals surface area contributed by atoms with Gasteiger partial charge in [-0.1, -0.05) is 0 Å². The van der Waals surface area contributed by atoms with Crippen molar-refractivity contribution in [1.29, 1.82) is 0 Å². The number of aliphatic hydroxyl groups is 1. The SMILES string of the molecule is CC(C)OC(CNS(C)(=O)=O)COC(C)(C)CCO. The lowest BCUT2D eigenvalue weighted by Gasteiger charge is -2.28. The summed E-state index contributed by atoms with van der Waals surface area (Å²) in [6.45, 7) is 8.00. The van der Waals surface area contributed by atoms with Crippen LogP contribution in [0.3, 0.4) is 0 Å². The molecule has 1 atom stereocenters. The highest BCUT2D eigenvalue weighted by molar-refractivity contribution is 7.88. The Bertz CT molecular complexity index is 340. The fraction of sp³-hybridized carbons (Fsp3) is 1.00. The molecule has 0 radical (unpaired) electrons. The summed E-state index contributed by atoms with van der Waals surface area (Å²) in [5, 5.41) is 8.92. The highest BCUT2D eigenvalue weighted by Gasteiger charge is 2.21. The Labute approximate surface area is 116 Å². The van der Waals surface area contributed by atoms with E-state index in [-0.39, 0.29) is 32.0 Å². The van der Waals surface area contributed by atoms with Crippen molar-refractivity contribution in [3.8, 4) is 0 Å². The van der Waals surface area contributed by atoms with E-state index in [2.05, 4.69) is 4.72 Å². The van der Waals surface area contributed by atoms with Crippen molar-refractivity contribution in [2.24, 2.45) is 0 Å². The third kappa shape index (κ3) is 11.3. The van der Waals surface area contributed by atoms with Crippen LogP contribution in [0.25, 0.3) is 0 Å². The molecule has 0 fully saturated rings. The first kappa shape index (κ1) is 18.8. The highest BCUT2D eigenvalue weighted by Crippen LogP contribution is 2.15. The van der Waals surface area contributed by atoms with Gasteiger partial charge in [0.05, 0.1) is 30.7 Å². The van der Waals surface area contributed by atoms with Gasteiger partial charge in [0.15, 0.2) is 0 Å². The summed E-state index contributed by atoms with van der Waals surface area (Å²) >= 11 is 0. The van der Waals surface area contributed by atoms with Crippen molar-refractivity contribution >= 4 is 10.0 Å². The topological polar surface area (TPSA) is 84.9 Å². The first-order chi connectivity index (χ1) is 8.56. The normalized spacial score (nSPS) is 14.9. The summed E-state index contributed by atoms with van der Waals surface area (Å²) in [6.07, 6.45) is 1.25. The first-order valence-corrected chi connectivity index (χ1v) is 8.30. The molecule has 0 saturated heterocycles. The molecule has 0 aliphatic heterocycles. The van der Waals surface area contributed by atoms with Gasteiger partial charge >= 0.3 is 0 Å². The molecule has 0 aliphatic carbocycles. The van der Waals surface area contributed by atoms with Gasteiger partial charge in [-0.2, -0.15) is 0 Å².